The number of likely N-dealkylation sites (N-methyl/N-ethyl adjacent to an activating group) is 2. The fourth-order valence-corrected chi connectivity index (χ4v) is 7.40. The zero-order valence-electron chi connectivity index (χ0n) is 28.4. The van der Waals surface area contributed by atoms with Crippen LogP contribution in [0.15, 0.2) is 48.8 Å². The molecule has 0 unspecified atom stereocenters. The lowest BCUT2D eigenvalue weighted by molar-refractivity contribution is -0.137. The predicted octanol–water partition coefficient (Wildman–Crippen LogP) is 5.27. The number of aromatic amines is 2. The largest absolute Gasteiger partial charge is 0.340 e. The number of imidazole rings is 2. The number of nitrogens with zero attached hydrogens (tertiary/aromatic N) is 6. The van der Waals surface area contributed by atoms with Crippen LogP contribution in [0.3, 0.4) is 0 Å². The summed E-state index contributed by atoms with van der Waals surface area (Å²) in [7, 11) is 7.78. The molecule has 4 atom stereocenters. The van der Waals surface area contributed by atoms with Gasteiger partial charge in [-0.25, -0.2) is 9.97 Å². The Hall–Kier alpha value is -4.28. The highest BCUT2D eigenvalue weighted by Crippen LogP contribution is 2.41. The minimum absolute atomic E-state index is 0.0161. The molecule has 1 aliphatic carbocycles. The van der Waals surface area contributed by atoms with Gasteiger partial charge in [-0.05, 0) is 120 Å². The second kappa shape index (κ2) is 12.4. The Bertz CT molecular complexity index is 1680. The molecule has 2 fully saturated rings. The molecule has 2 aromatic carbocycles. The summed E-state index contributed by atoms with van der Waals surface area (Å²) in [5.74, 6) is 2.03. The third-order valence-corrected chi connectivity index (χ3v) is 10.7. The zero-order valence-corrected chi connectivity index (χ0v) is 28.4. The minimum atomic E-state index is -0.162. The van der Waals surface area contributed by atoms with Crippen LogP contribution in [0.5, 0.6) is 0 Å². The molecule has 10 nitrogen and oxygen atoms in total. The number of rotatable bonds is 8. The van der Waals surface area contributed by atoms with Gasteiger partial charge in [0.25, 0.3) is 0 Å². The van der Waals surface area contributed by atoms with Crippen LogP contribution in [0, 0.1) is 0 Å². The average molecular weight is 635 g/mol. The highest BCUT2D eigenvalue weighted by Gasteiger charge is 2.36. The van der Waals surface area contributed by atoms with Gasteiger partial charge in [-0.15, -0.1) is 0 Å². The van der Waals surface area contributed by atoms with Crippen LogP contribution in [0.4, 0.5) is 0 Å². The van der Waals surface area contributed by atoms with Gasteiger partial charge in [0, 0.05) is 13.1 Å². The summed E-state index contributed by atoms with van der Waals surface area (Å²) in [6, 6.07) is 12.9. The van der Waals surface area contributed by atoms with E-state index < -0.39 is 0 Å². The van der Waals surface area contributed by atoms with Crippen molar-refractivity contribution < 1.29 is 9.59 Å². The first-order valence-corrected chi connectivity index (χ1v) is 16.9. The topological polar surface area (TPSA) is 104 Å². The Labute approximate surface area is 277 Å². The lowest BCUT2D eigenvalue weighted by atomic mass is 10.0. The Kier molecular flexibility index (Phi) is 8.26. The van der Waals surface area contributed by atoms with Gasteiger partial charge < -0.3 is 19.8 Å². The molecule has 7 rings (SSSR count). The first-order chi connectivity index (χ1) is 22.6. The van der Waals surface area contributed by atoms with E-state index in [-0.39, 0.29) is 36.0 Å². The molecule has 0 spiro atoms. The number of carbonyl (C=O) groups excluding carboxylic acids is 2. The van der Waals surface area contributed by atoms with E-state index in [1.165, 1.54) is 22.3 Å². The number of carbonyl (C=O) groups is 2. The molecule has 2 aromatic heterocycles. The Balaban J connectivity index is 1.07. The van der Waals surface area contributed by atoms with E-state index in [1.54, 1.807) is 0 Å². The van der Waals surface area contributed by atoms with Crippen molar-refractivity contribution in [3.05, 3.63) is 71.6 Å². The Morgan fingerprint density at radius 2 is 1.15 bits per heavy atom. The summed E-state index contributed by atoms with van der Waals surface area (Å²) >= 11 is 0. The van der Waals surface area contributed by atoms with Crippen LogP contribution in [0.25, 0.3) is 33.6 Å². The summed E-state index contributed by atoms with van der Waals surface area (Å²) in [6.07, 6.45) is 8.49. The second-order valence-electron chi connectivity index (χ2n) is 13.9. The quantitative estimate of drug-likeness (QED) is 0.241. The first-order valence-electron chi connectivity index (χ1n) is 16.9. The number of amides is 2. The second-order valence-corrected chi connectivity index (χ2v) is 13.9. The third-order valence-electron chi connectivity index (χ3n) is 10.7. The van der Waals surface area contributed by atoms with Crippen molar-refractivity contribution in [2.75, 3.05) is 41.3 Å². The van der Waals surface area contributed by atoms with Crippen LogP contribution in [0.1, 0.15) is 74.4 Å². The van der Waals surface area contributed by atoms with E-state index in [0.29, 0.717) is 0 Å². The fourth-order valence-electron chi connectivity index (χ4n) is 7.40. The molecule has 2 amide bonds. The van der Waals surface area contributed by atoms with Gasteiger partial charge in [0.1, 0.15) is 11.6 Å². The smallest absolute Gasteiger partial charge is 0.240 e. The number of fused-ring (bicyclic) bond motifs is 3. The maximum atomic E-state index is 13.2. The third kappa shape index (κ3) is 5.67. The number of hydrogen-bond acceptors (Lipinski definition) is 6. The molecule has 0 saturated carbocycles. The summed E-state index contributed by atoms with van der Waals surface area (Å²) in [6.45, 7) is 5.46. The number of likely N-dealkylation sites (tertiary alicyclic amines) is 2. The van der Waals surface area contributed by atoms with Crippen molar-refractivity contribution in [1.82, 2.24) is 39.5 Å². The molecule has 4 heterocycles. The van der Waals surface area contributed by atoms with Crippen molar-refractivity contribution in [2.24, 2.45) is 0 Å². The van der Waals surface area contributed by atoms with E-state index >= 15 is 0 Å². The summed E-state index contributed by atoms with van der Waals surface area (Å²) < 4.78 is 0. The van der Waals surface area contributed by atoms with Crippen LogP contribution < -0.4 is 0 Å². The molecule has 4 aromatic rings. The van der Waals surface area contributed by atoms with Gasteiger partial charge in [-0.2, -0.15) is 0 Å². The predicted molar refractivity (Wildman–Crippen MR) is 184 cm³/mol. The maximum absolute atomic E-state index is 13.2. The van der Waals surface area contributed by atoms with Crippen molar-refractivity contribution >= 4 is 11.8 Å². The van der Waals surface area contributed by atoms with E-state index in [9.17, 15) is 9.59 Å². The van der Waals surface area contributed by atoms with E-state index in [1.807, 2.05) is 74.0 Å². The van der Waals surface area contributed by atoms with Crippen molar-refractivity contribution in [3.63, 3.8) is 0 Å². The molecule has 246 valence electrons. The molecule has 3 aliphatic rings. The van der Waals surface area contributed by atoms with Crippen molar-refractivity contribution in [2.45, 2.75) is 70.1 Å². The number of aromatic nitrogens is 4. The van der Waals surface area contributed by atoms with Crippen molar-refractivity contribution in [1.29, 1.82) is 0 Å². The lowest BCUT2D eigenvalue weighted by Crippen LogP contribution is -2.44. The Morgan fingerprint density at radius 3 is 1.55 bits per heavy atom. The molecule has 0 bridgehead atoms. The van der Waals surface area contributed by atoms with Crippen LogP contribution >= 0.6 is 0 Å². The van der Waals surface area contributed by atoms with Gasteiger partial charge in [0.2, 0.25) is 11.8 Å². The van der Waals surface area contributed by atoms with Gasteiger partial charge in [0.05, 0.1) is 47.9 Å². The van der Waals surface area contributed by atoms with E-state index in [0.717, 1.165) is 79.4 Å². The van der Waals surface area contributed by atoms with Gasteiger partial charge in [0.15, 0.2) is 0 Å². The summed E-state index contributed by atoms with van der Waals surface area (Å²) in [5.41, 5.74) is 9.28. The zero-order chi connectivity index (χ0) is 33.0. The normalized spacial score (nSPS) is 20.3. The fraction of sp³-hybridized carbons (Fsp3) is 0.459. The number of benzene rings is 2. The minimum Gasteiger partial charge on any atom is -0.340 e. The SMILES string of the molecule is C[C@H](C(=O)N1CCC[C@@H]1c1ncc(-c2ccc3c(c2)Cc2cc(-c4cnc([C@H]5CCCN5C(=O)[C@@H](C)N(C)C)[nH]4)ccc2-3)[nH]1)N(C)C. The highest BCUT2D eigenvalue weighted by molar-refractivity contribution is 5.83. The summed E-state index contributed by atoms with van der Waals surface area (Å²) in [5, 5.41) is 0. The van der Waals surface area contributed by atoms with E-state index in [2.05, 4.69) is 46.4 Å². The molecule has 47 heavy (non-hydrogen) atoms. The van der Waals surface area contributed by atoms with Crippen LogP contribution in [-0.2, 0) is 16.0 Å². The first kappa shape index (κ1) is 31.3. The van der Waals surface area contributed by atoms with Crippen LogP contribution in [-0.4, -0.2) is 105 Å². The number of nitrogens with one attached hydrogen (secondary N) is 2. The lowest BCUT2D eigenvalue weighted by Gasteiger charge is -2.29. The van der Waals surface area contributed by atoms with Gasteiger partial charge >= 0.3 is 0 Å². The average Bonchev–Trinajstić information content (AvgIpc) is 3.90. The molecule has 10 heteroatoms. The number of H-pyrrole nitrogens is 2. The molecule has 2 saturated heterocycles. The molecule has 2 aliphatic heterocycles. The van der Waals surface area contributed by atoms with Gasteiger partial charge in [-0.3, -0.25) is 19.4 Å². The monoisotopic (exact) mass is 634 g/mol. The number of hydrogen-bond donors (Lipinski definition) is 2. The van der Waals surface area contributed by atoms with E-state index in [4.69, 9.17) is 9.97 Å². The van der Waals surface area contributed by atoms with Gasteiger partial charge in [-0.1, -0.05) is 24.3 Å². The van der Waals surface area contributed by atoms with Crippen molar-refractivity contribution in [3.8, 4) is 33.6 Å². The summed E-state index contributed by atoms with van der Waals surface area (Å²) in [4.78, 5) is 50.8. The Morgan fingerprint density at radius 1 is 0.723 bits per heavy atom. The standard InChI is InChI=1S/C37H46N8O2/c1-22(42(3)4)36(46)44-15-7-9-32(44)34-38-20-30(40-34)24-11-13-28-26(17-24)19-27-18-25(12-14-29(27)28)31-21-39-35(41-31)33-10-8-16-45(33)37(47)23(2)43(5)6/h11-14,17-18,20-23,32-33H,7-10,15-16,19H2,1-6H3,(H,38,40)(H,39,41)/t22-,23-,32-,33-/m1/s1. The highest BCUT2D eigenvalue weighted by atomic mass is 16.2. The maximum Gasteiger partial charge on any atom is 0.240 e. The molecular formula is C37H46N8O2. The van der Waals surface area contributed by atoms with Crippen LogP contribution in [0.2, 0.25) is 0 Å². The molecular weight excluding hydrogens is 588 g/mol. The molecule has 2 N–H and O–H groups in total. The molecule has 0 radical (unpaired) electrons.